The number of nitrogens with two attached hydrogens (primary N) is 1. The van der Waals surface area contributed by atoms with Crippen LogP contribution in [-0.4, -0.2) is 30.4 Å². The first-order valence-electron chi connectivity index (χ1n) is 6.12. The van der Waals surface area contributed by atoms with Gasteiger partial charge in [0.2, 0.25) is 5.91 Å². The van der Waals surface area contributed by atoms with Gasteiger partial charge in [0.15, 0.2) is 0 Å². The Balaban J connectivity index is 2.13. The van der Waals surface area contributed by atoms with Gasteiger partial charge in [0.1, 0.15) is 0 Å². The molecule has 0 aliphatic carbocycles. The fourth-order valence-corrected chi connectivity index (χ4v) is 2.81. The van der Waals surface area contributed by atoms with Crippen molar-refractivity contribution in [3.8, 4) is 0 Å². The number of benzene rings is 1. The van der Waals surface area contributed by atoms with Crippen LogP contribution >= 0.6 is 15.9 Å². The van der Waals surface area contributed by atoms with Crippen molar-refractivity contribution in [2.24, 2.45) is 0 Å². The summed E-state index contributed by atoms with van der Waals surface area (Å²) in [6, 6.07) is 5.84. The first kappa shape index (κ1) is 13.4. The number of nitrogens with one attached hydrogen (secondary N) is 1. The van der Waals surface area contributed by atoms with Gasteiger partial charge in [-0.25, -0.2) is 0 Å². The highest BCUT2D eigenvalue weighted by atomic mass is 79.9. The maximum Gasteiger partial charge on any atom is 0.237 e. The number of likely N-dealkylation sites (tertiary alicyclic amines) is 1. The molecule has 5 heteroatoms. The molecule has 1 fully saturated rings. The maximum atomic E-state index is 11.8. The summed E-state index contributed by atoms with van der Waals surface area (Å²) in [5.41, 5.74) is 7.74. The molecule has 3 N–H and O–H groups in total. The summed E-state index contributed by atoms with van der Waals surface area (Å²) in [5.74, 6) is 0.104. The number of hydrogen-bond acceptors (Lipinski definition) is 3. The van der Waals surface area contributed by atoms with Crippen molar-refractivity contribution in [3.63, 3.8) is 0 Å². The number of amides is 1. The quantitative estimate of drug-likeness (QED) is 0.836. The van der Waals surface area contributed by atoms with Crippen LogP contribution in [-0.2, 0) is 11.3 Å². The minimum atomic E-state index is -0.0108. The molecular formula is C13H18BrN3O. The van der Waals surface area contributed by atoms with E-state index in [-0.39, 0.29) is 11.9 Å². The Morgan fingerprint density at radius 1 is 1.61 bits per heavy atom. The second-order valence-corrected chi connectivity index (χ2v) is 5.36. The zero-order valence-corrected chi connectivity index (χ0v) is 12.0. The second-order valence-electron chi connectivity index (χ2n) is 4.56. The molecule has 0 aromatic heterocycles. The summed E-state index contributed by atoms with van der Waals surface area (Å²) in [7, 11) is 1.69. The Bertz CT molecular complexity index is 450. The lowest BCUT2D eigenvalue weighted by Crippen LogP contribution is -2.41. The largest absolute Gasteiger partial charge is 0.398 e. The third-order valence-electron chi connectivity index (χ3n) is 3.39. The van der Waals surface area contributed by atoms with Crippen molar-refractivity contribution < 1.29 is 4.79 Å². The van der Waals surface area contributed by atoms with Gasteiger partial charge < -0.3 is 11.1 Å². The van der Waals surface area contributed by atoms with E-state index in [9.17, 15) is 4.79 Å². The van der Waals surface area contributed by atoms with E-state index in [1.165, 1.54) is 0 Å². The topological polar surface area (TPSA) is 58.4 Å². The summed E-state index contributed by atoms with van der Waals surface area (Å²) in [5, 5.41) is 2.73. The lowest BCUT2D eigenvalue weighted by molar-refractivity contribution is -0.125. The highest BCUT2D eigenvalue weighted by molar-refractivity contribution is 9.10. The molecule has 1 heterocycles. The number of carbonyl (C=O) groups excluding carboxylic acids is 1. The molecule has 18 heavy (non-hydrogen) atoms. The van der Waals surface area contributed by atoms with Crippen LogP contribution in [0.4, 0.5) is 5.69 Å². The lowest BCUT2D eigenvalue weighted by atomic mass is 10.1. The van der Waals surface area contributed by atoms with Crippen LogP contribution in [0, 0.1) is 0 Å². The fourth-order valence-electron chi connectivity index (χ4n) is 2.42. The molecule has 0 bridgehead atoms. The molecule has 1 aliphatic heterocycles. The van der Waals surface area contributed by atoms with Gasteiger partial charge in [0.05, 0.1) is 6.04 Å². The van der Waals surface area contributed by atoms with Crippen molar-refractivity contribution in [1.29, 1.82) is 0 Å². The zero-order chi connectivity index (χ0) is 13.1. The Hall–Kier alpha value is -1.07. The van der Waals surface area contributed by atoms with E-state index in [2.05, 4.69) is 26.1 Å². The van der Waals surface area contributed by atoms with Gasteiger partial charge in [-0.1, -0.05) is 12.1 Å². The first-order valence-corrected chi connectivity index (χ1v) is 6.91. The van der Waals surface area contributed by atoms with Crippen molar-refractivity contribution >= 4 is 27.5 Å². The molecule has 1 saturated heterocycles. The summed E-state index contributed by atoms with van der Waals surface area (Å²) in [4.78, 5) is 14.0. The minimum Gasteiger partial charge on any atom is -0.398 e. The van der Waals surface area contributed by atoms with E-state index >= 15 is 0 Å². The van der Waals surface area contributed by atoms with Crippen LogP contribution in [0.25, 0.3) is 0 Å². The minimum absolute atomic E-state index is 0.0108. The standard InChI is InChI=1S/C13H18BrN3O/c1-16-13(18)11-6-3-7-17(11)8-9-4-2-5-10(15)12(9)14/h2,4-5,11H,3,6-8,15H2,1H3,(H,16,18). The van der Waals surface area contributed by atoms with Crippen molar-refractivity contribution in [2.45, 2.75) is 25.4 Å². The van der Waals surface area contributed by atoms with Gasteiger partial charge in [-0.15, -0.1) is 0 Å². The summed E-state index contributed by atoms with van der Waals surface area (Å²) in [6.07, 6.45) is 2.00. The molecule has 1 unspecified atom stereocenters. The molecule has 4 nitrogen and oxygen atoms in total. The number of halogens is 1. The number of nitrogens with zero attached hydrogens (tertiary/aromatic N) is 1. The Morgan fingerprint density at radius 2 is 2.39 bits per heavy atom. The highest BCUT2D eigenvalue weighted by Crippen LogP contribution is 2.27. The van der Waals surface area contributed by atoms with E-state index < -0.39 is 0 Å². The summed E-state index contributed by atoms with van der Waals surface area (Å²) in [6.45, 7) is 1.71. The third kappa shape index (κ3) is 2.67. The number of likely N-dealkylation sites (N-methyl/N-ethyl adjacent to an activating group) is 1. The van der Waals surface area contributed by atoms with Crippen LogP contribution in [0.2, 0.25) is 0 Å². The smallest absolute Gasteiger partial charge is 0.237 e. The van der Waals surface area contributed by atoms with Gasteiger partial charge in [0, 0.05) is 23.8 Å². The number of rotatable bonds is 3. The molecule has 1 atom stereocenters. The Labute approximate surface area is 116 Å². The summed E-state index contributed by atoms with van der Waals surface area (Å²) < 4.78 is 0.938. The van der Waals surface area contributed by atoms with Gasteiger partial charge in [-0.05, 0) is 46.9 Å². The predicted octanol–water partition coefficient (Wildman–Crippen LogP) is 1.74. The van der Waals surface area contributed by atoms with Gasteiger partial charge in [0.25, 0.3) is 0 Å². The van der Waals surface area contributed by atoms with Gasteiger partial charge >= 0.3 is 0 Å². The molecule has 0 spiro atoms. The van der Waals surface area contributed by atoms with E-state index in [1.54, 1.807) is 7.05 Å². The molecule has 1 aromatic rings. The molecule has 1 amide bonds. The maximum absolute atomic E-state index is 11.8. The van der Waals surface area contributed by atoms with Crippen LogP contribution in [0.15, 0.2) is 22.7 Å². The van der Waals surface area contributed by atoms with Crippen LogP contribution in [0.3, 0.4) is 0 Å². The van der Waals surface area contributed by atoms with Crippen LogP contribution in [0.1, 0.15) is 18.4 Å². The molecular weight excluding hydrogens is 294 g/mol. The molecule has 1 aromatic carbocycles. The number of carbonyl (C=O) groups is 1. The number of anilines is 1. The molecule has 98 valence electrons. The number of nitrogen functional groups attached to an aromatic ring is 1. The summed E-state index contributed by atoms with van der Waals surface area (Å²) >= 11 is 3.51. The molecule has 0 saturated carbocycles. The van der Waals surface area contributed by atoms with Crippen LogP contribution in [0.5, 0.6) is 0 Å². The third-order valence-corrected chi connectivity index (χ3v) is 4.36. The number of hydrogen-bond donors (Lipinski definition) is 2. The molecule has 1 aliphatic rings. The van der Waals surface area contributed by atoms with Gasteiger partial charge in [-0.2, -0.15) is 0 Å². The Kier molecular flexibility index (Phi) is 4.24. The van der Waals surface area contributed by atoms with E-state index in [0.29, 0.717) is 0 Å². The SMILES string of the molecule is CNC(=O)C1CCCN1Cc1cccc(N)c1Br. The normalized spacial score (nSPS) is 20.0. The first-order chi connectivity index (χ1) is 8.63. The predicted molar refractivity (Wildman–Crippen MR) is 76.1 cm³/mol. The van der Waals surface area contributed by atoms with Crippen LogP contribution < -0.4 is 11.1 Å². The second kappa shape index (κ2) is 5.71. The van der Waals surface area contributed by atoms with Crippen molar-refractivity contribution in [2.75, 3.05) is 19.3 Å². The van der Waals surface area contributed by atoms with Crippen molar-refractivity contribution in [3.05, 3.63) is 28.2 Å². The monoisotopic (exact) mass is 311 g/mol. The fraction of sp³-hybridized carbons (Fsp3) is 0.462. The average molecular weight is 312 g/mol. The molecule has 0 radical (unpaired) electrons. The van der Waals surface area contributed by atoms with E-state index in [4.69, 9.17) is 5.73 Å². The molecule has 2 rings (SSSR count). The van der Waals surface area contributed by atoms with Gasteiger partial charge in [-0.3, -0.25) is 9.69 Å². The van der Waals surface area contributed by atoms with E-state index in [1.807, 2.05) is 18.2 Å². The van der Waals surface area contributed by atoms with E-state index in [0.717, 1.165) is 41.7 Å². The highest BCUT2D eigenvalue weighted by Gasteiger charge is 2.30. The van der Waals surface area contributed by atoms with Crippen molar-refractivity contribution in [1.82, 2.24) is 10.2 Å². The zero-order valence-electron chi connectivity index (χ0n) is 10.4. The lowest BCUT2D eigenvalue weighted by Gasteiger charge is -2.23. The average Bonchev–Trinajstić information content (AvgIpc) is 2.82. The Morgan fingerprint density at radius 3 is 3.11 bits per heavy atom.